The van der Waals surface area contributed by atoms with Crippen LogP contribution in [0.4, 0.5) is 0 Å². The summed E-state index contributed by atoms with van der Waals surface area (Å²) in [4.78, 5) is 0. The van der Waals surface area contributed by atoms with Gasteiger partial charge in [0.2, 0.25) is 0 Å². The predicted octanol–water partition coefficient (Wildman–Crippen LogP) is 4.39. The summed E-state index contributed by atoms with van der Waals surface area (Å²) in [6, 6.07) is 0.775. The SMILES string of the molecule is CC(C)(C)C1CCCCC1NCC1CC2C=CC1C2. The molecular weight excluding hydrogens is 230 g/mol. The summed E-state index contributed by atoms with van der Waals surface area (Å²) in [5, 5.41) is 3.97. The van der Waals surface area contributed by atoms with Crippen molar-refractivity contribution in [1.29, 1.82) is 0 Å². The second kappa shape index (κ2) is 5.24. The molecule has 5 unspecified atom stereocenters. The molecule has 3 aliphatic rings. The molecule has 0 aromatic heterocycles. The predicted molar refractivity (Wildman–Crippen MR) is 82.0 cm³/mol. The number of nitrogens with one attached hydrogen (secondary N) is 1. The Labute approximate surface area is 119 Å². The van der Waals surface area contributed by atoms with E-state index >= 15 is 0 Å². The van der Waals surface area contributed by atoms with Crippen LogP contribution in [0.25, 0.3) is 0 Å². The maximum Gasteiger partial charge on any atom is 0.0100 e. The standard InChI is InChI=1S/C18H31N/c1-18(2,3)16-6-4-5-7-17(16)19-12-15-11-13-8-9-14(15)10-13/h8-9,13-17,19H,4-7,10-12H2,1-3H3. The van der Waals surface area contributed by atoms with E-state index < -0.39 is 0 Å². The van der Waals surface area contributed by atoms with Crippen LogP contribution in [0.2, 0.25) is 0 Å². The molecule has 2 bridgehead atoms. The maximum absolute atomic E-state index is 3.97. The Bertz CT molecular complexity index is 338. The van der Waals surface area contributed by atoms with Crippen LogP contribution in [-0.2, 0) is 0 Å². The van der Waals surface area contributed by atoms with E-state index in [0.29, 0.717) is 5.41 Å². The molecule has 5 atom stereocenters. The third kappa shape index (κ3) is 2.91. The van der Waals surface area contributed by atoms with Crippen molar-refractivity contribution in [2.24, 2.45) is 29.1 Å². The Morgan fingerprint density at radius 3 is 2.47 bits per heavy atom. The van der Waals surface area contributed by atoms with E-state index in [1.165, 1.54) is 45.1 Å². The van der Waals surface area contributed by atoms with Crippen LogP contribution < -0.4 is 5.32 Å². The Balaban J connectivity index is 1.54. The highest BCUT2D eigenvalue weighted by molar-refractivity contribution is 5.10. The van der Waals surface area contributed by atoms with Crippen LogP contribution in [0.5, 0.6) is 0 Å². The van der Waals surface area contributed by atoms with Crippen molar-refractivity contribution in [3.05, 3.63) is 12.2 Å². The summed E-state index contributed by atoms with van der Waals surface area (Å²) in [7, 11) is 0. The van der Waals surface area contributed by atoms with Crippen molar-refractivity contribution >= 4 is 0 Å². The second-order valence-corrected chi connectivity index (χ2v) is 8.31. The van der Waals surface area contributed by atoms with Crippen LogP contribution >= 0.6 is 0 Å². The molecular formula is C18H31N. The summed E-state index contributed by atoms with van der Waals surface area (Å²) in [6.45, 7) is 8.55. The highest BCUT2D eigenvalue weighted by Crippen LogP contribution is 2.43. The summed E-state index contributed by atoms with van der Waals surface area (Å²) >= 11 is 0. The lowest BCUT2D eigenvalue weighted by molar-refractivity contribution is 0.126. The molecule has 0 spiro atoms. The van der Waals surface area contributed by atoms with Crippen LogP contribution in [0.3, 0.4) is 0 Å². The topological polar surface area (TPSA) is 12.0 Å². The third-order valence-corrected chi connectivity index (χ3v) is 5.94. The smallest absolute Gasteiger partial charge is 0.0100 e. The van der Waals surface area contributed by atoms with Gasteiger partial charge in [-0.15, -0.1) is 0 Å². The second-order valence-electron chi connectivity index (χ2n) is 8.31. The van der Waals surface area contributed by atoms with Gasteiger partial charge in [-0.25, -0.2) is 0 Å². The van der Waals surface area contributed by atoms with Crippen LogP contribution in [0.15, 0.2) is 12.2 Å². The average Bonchev–Trinajstić information content (AvgIpc) is 2.97. The number of fused-ring (bicyclic) bond motifs is 2. The monoisotopic (exact) mass is 261 g/mol. The minimum atomic E-state index is 0.465. The molecule has 0 radical (unpaired) electrons. The molecule has 3 rings (SSSR count). The lowest BCUT2D eigenvalue weighted by Crippen LogP contribution is -2.46. The van der Waals surface area contributed by atoms with E-state index in [9.17, 15) is 0 Å². The van der Waals surface area contributed by atoms with Crippen molar-refractivity contribution in [2.45, 2.75) is 65.3 Å². The molecule has 3 aliphatic carbocycles. The van der Waals surface area contributed by atoms with Gasteiger partial charge in [0, 0.05) is 6.04 Å². The molecule has 2 fully saturated rings. The van der Waals surface area contributed by atoms with E-state index in [0.717, 1.165) is 29.7 Å². The normalized spacial score (nSPS) is 41.9. The molecule has 19 heavy (non-hydrogen) atoms. The zero-order valence-corrected chi connectivity index (χ0v) is 13.0. The molecule has 0 amide bonds. The van der Waals surface area contributed by atoms with Gasteiger partial charge in [0.05, 0.1) is 0 Å². The Hall–Kier alpha value is -0.300. The quantitative estimate of drug-likeness (QED) is 0.743. The van der Waals surface area contributed by atoms with Crippen molar-refractivity contribution in [1.82, 2.24) is 5.32 Å². The molecule has 0 aromatic carbocycles. The third-order valence-electron chi connectivity index (χ3n) is 5.94. The Morgan fingerprint density at radius 2 is 1.84 bits per heavy atom. The highest BCUT2D eigenvalue weighted by Gasteiger charge is 2.37. The first-order chi connectivity index (χ1) is 9.04. The zero-order valence-electron chi connectivity index (χ0n) is 13.0. The van der Waals surface area contributed by atoms with Gasteiger partial charge in [-0.3, -0.25) is 0 Å². The van der Waals surface area contributed by atoms with Gasteiger partial charge in [-0.1, -0.05) is 45.8 Å². The van der Waals surface area contributed by atoms with E-state index in [-0.39, 0.29) is 0 Å². The fraction of sp³-hybridized carbons (Fsp3) is 0.889. The van der Waals surface area contributed by atoms with Gasteiger partial charge in [-0.2, -0.15) is 0 Å². The van der Waals surface area contributed by atoms with Gasteiger partial charge in [0.1, 0.15) is 0 Å². The van der Waals surface area contributed by atoms with Crippen LogP contribution in [-0.4, -0.2) is 12.6 Å². The van der Waals surface area contributed by atoms with Crippen molar-refractivity contribution < 1.29 is 0 Å². The van der Waals surface area contributed by atoms with E-state index in [2.05, 4.69) is 38.2 Å². The van der Waals surface area contributed by atoms with Gasteiger partial charge >= 0.3 is 0 Å². The molecule has 0 aliphatic heterocycles. The Morgan fingerprint density at radius 1 is 1.05 bits per heavy atom. The minimum absolute atomic E-state index is 0.465. The summed E-state index contributed by atoms with van der Waals surface area (Å²) < 4.78 is 0. The molecule has 0 aromatic rings. The summed E-state index contributed by atoms with van der Waals surface area (Å²) in [6.07, 6.45) is 13.5. The summed E-state index contributed by atoms with van der Waals surface area (Å²) in [5.41, 5.74) is 0.465. The molecule has 108 valence electrons. The van der Waals surface area contributed by atoms with Gasteiger partial charge < -0.3 is 5.32 Å². The van der Waals surface area contributed by atoms with Gasteiger partial charge in [0.15, 0.2) is 0 Å². The van der Waals surface area contributed by atoms with Gasteiger partial charge in [-0.05, 0) is 61.3 Å². The number of allylic oxidation sites excluding steroid dienone is 2. The molecule has 2 saturated carbocycles. The minimum Gasteiger partial charge on any atom is -0.313 e. The first-order valence-electron chi connectivity index (χ1n) is 8.46. The number of hydrogen-bond donors (Lipinski definition) is 1. The molecule has 0 saturated heterocycles. The van der Waals surface area contributed by atoms with Crippen LogP contribution in [0, 0.1) is 29.1 Å². The Kier molecular flexibility index (Phi) is 3.77. The van der Waals surface area contributed by atoms with E-state index in [4.69, 9.17) is 0 Å². The first-order valence-corrected chi connectivity index (χ1v) is 8.46. The molecule has 1 nitrogen and oxygen atoms in total. The van der Waals surface area contributed by atoms with Crippen molar-refractivity contribution in [2.75, 3.05) is 6.54 Å². The van der Waals surface area contributed by atoms with Crippen molar-refractivity contribution in [3.63, 3.8) is 0 Å². The first kappa shape index (κ1) is 13.7. The summed E-state index contributed by atoms with van der Waals surface area (Å²) in [5.74, 6) is 3.61. The van der Waals surface area contributed by atoms with Crippen molar-refractivity contribution in [3.8, 4) is 0 Å². The molecule has 0 heterocycles. The zero-order chi connectivity index (χ0) is 13.5. The van der Waals surface area contributed by atoms with E-state index in [1.807, 2.05) is 0 Å². The largest absolute Gasteiger partial charge is 0.313 e. The fourth-order valence-corrected chi connectivity index (χ4v) is 4.84. The fourth-order valence-electron chi connectivity index (χ4n) is 4.84. The average molecular weight is 261 g/mol. The number of hydrogen-bond acceptors (Lipinski definition) is 1. The highest BCUT2D eigenvalue weighted by atomic mass is 14.9. The molecule has 1 heteroatoms. The van der Waals surface area contributed by atoms with Crippen LogP contribution in [0.1, 0.15) is 59.3 Å². The number of rotatable bonds is 3. The van der Waals surface area contributed by atoms with Gasteiger partial charge in [0.25, 0.3) is 0 Å². The molecule has 1 N–H and O–H groups in total. The lowest BCUT2D eigenvalue weighted by atomic mass is 9.69. The maximum atomic E-state index is 3.97. The van der Waals surface area contributed by atoms with E-state index in [1.54, 1.807) is 0 Å². The lowest BCUT2D eigenvalue weighted by Gasteiger charge is -2.41.